The molecule has 0 fully saturated rings. The molecule has 0 bridgehead atoms. The van der Waals surface area contributed by atoms with E-state index in [2.05, 4.69) is 51.5 Å². The number of halogens is 1. The Morgan fingerprint density at radius 1 is 1.47 bits per heavy atom. The zero-order chi connectivity index (χ0) is 10.8. The van der Waals surface area contributed by atoms with Gasteiger partial charge in [0, 0.05) is 22.1 Å². The molecule has 0 aliphatic heterocycles. The van der Waals surface area contributed by atoms with E-state index in [0.29, 0.717) is 0 Å². The first-order valence-electron chi connectivity index (χ1n) is 4.99. The zero-order valence-electron chi connectivity index (χ0n) is 8.92. The molecule has 15 heavy (non-hydrogen) atoms. The third kappa shape index (κ3) is 2.06. The maximum atomic E-state index is 4.56. The lowest BCUT2D eigenvalue weighted by Crippen LogP contribution is -2.16. The number of aryl methyl sites for hydroxylation is 1. The van der Waals surface area contributed by atoms with Crippen molar-refractivity contribution in [2.24, 2.45) is 0 Å². The Hall–Kier alpha value is -0.870. The van der Waals surface area contributed by atoms with Crippen LogP contribution >= 0.6 is 15.9 Å². The molecule has 2 rings (SSSR count). The van der Waals surface area contributed by atoms with Crippen LogP contribution < -0.4 is 5.32 Å². The lowest BCUT2D eigenvalue weighted by molar-refractivity contribution is 0.577. The van der Waals surface area contributed by atoms with Gasteiger partial charge in [-0.25, -0.2) is 0 Å². The van der Waals surface area contributed by atoms with Gasteiger partial charge in [0.15, 0.2) is 0 Å². The number of benzene rings is 1. The second-order valence-corrected chi connectivity index (χ2v) is 4.49. The van der Waals surface area contributed by atoms with E-state index >= 15 is 0 Å². The molecule has 0 saturated heterocycles. The molecule has 3 nitrogen and oxygen atoms in total. The number of aromatic nitrogens is 2. The van der Waals surface area contributed by atoms with Crippen molar-refractivity contribution in [3.05, 3.63) is 28.4 Å². The third-order valence-electron chi connectivity index (χ3n) is 2.54. The summed E-state index contributed by atoms with van der Waals surface area (Å²) in [6.45, 7) is 3.96. The summed E-state index contributed by atoms with van der Waals surface area (Å²) in [4.78, 5) is 0. The minimum absolute atomic E-state index is 0.911. The second-order valence-electron chi connectivity index (χ2n) is 3.57. The summed E-state index contributed by atoms with van der Waals surface area (Å²) < 4.78 is 3.13. The molecule has 0 radical (unpaired) electrons. The van der Waals surface area contributed by atoms with Gasteiger partial charge < -0.3 is 5.32 Å². The van der Waals surface area contributed by atoms with E-state index in [0.717, 1.165) is 23.1 Å². The fourth-order valence-electron chi connectivity index (χ4n) is 1.67. The van der Waals surface area contributed by atoms with Crippen LogP contribution in [0.2, 0.25) is 0 Å². The molecule has 0 saturated carbocycles. The fourth-order valence-corrected chi connectivity index (χ4v) is 2.02. The predicted molar refractivity (Wildman–Crippen MR) is 66.1 cm³/mol. The molecular weight excluding hydrogens is 254 g/mol. The maximum absolute atomic E-state index is 4.56. The van der Waals surface area contributed by atoms with E-state index in [4.69, 9.17) is 0 Å². The number of hydrogen-bond donors (Lipinski definition) is 1. The lowest BCUT2D eigenvalue weighted by atomic mass is 10.2. The first kappa shape index (κ1) is 10.6. The monoisotopic (exact) mass is 267 g/mol. The third-order valence-corrected chi connectivity index (χ3v) is 3.03. The van der Waals surface area contributed by atoms with Gasteiger partial charge >= 0.3 is 0 Å². The molecule has 1 heterocycles. The number of hydrogen-bond acceptors (Lipinski definition) is 2. The van der Waals surface area contributed by atoms with Gasteiger partial charge in [-0.05, 0) is 32.2 Å². The van der Waals surface area contributed by atoms with Gasteiger partial charge in [-0.3, -0.25) is 4.68 Å². The number of nitrogens with zero attached hydrogens (tertiary/aromatic N) is 2. The van der Waals surface area contributed by atoms with Crippen molar-refractivity contribution in [1.82, 2.24) is 15.1 Å². The van der Waals surface area contributed by atoms with E-state index in [1.54, 1.807) is 0 Å². The lowest BCUT2D eigenvalue weighted by Gasteiger charge is -2.02. The fraction of sp³-hybridized carbons (Fsp3) is 0.364. The first-order chi connectivity index (χ1) is 7.22. The Labute approximate surface area is 97.6 Å². The van der Waals surface area contributed by atoms with Gasteiger partial charge in [0.25, 0.3) is 0 Å². The highest BCUT2D eigenvalue weighted by atomic mass is 79.9. The largest absolute Gasteiger partial charge is 0.318 e. The normalized spacial score (nSPS) is 11.1. The maximum Gasteiger partial charge on any atom is 0.0937 e. The highest BCUT2D eigenvalue weighted by molar-refractivity contribution is 9.10. The average molecular weight is 268 g/mol. The predicted octanol–water partition coefficient (Wildman–Crippen LogP) is 2.33. The van der Waals surface area contributed by atoms with Crippen molar-refractivity contribution >= 4 is 26.8 Å². The molecule has 1 aromatic carbocycles. The minimum Gasteiger partial charge on any atom is -0.318 e. The second kappa shape index (κ2) is 4.33. The molecule has 0 atom stereocenters. The zero-order valence-corrected chi connectivity index (χ0v) is 10.5. The number of likely N-dealkylation sites (N-methyl/N-ethyl adjacent to an activating group) is 1. The molecule has 2 aromatic rings. The molecule has 0 aliphatic carbocycles. The SMILES string of the molecule is CNCCn1nc2cc(Br)ccc2c1C. The van der Waals surface area contributed by atoms with Crippen LogP contribution in [-0.4, -0.2) is 23.4 Å². The van der Waals surface area contributed by atoms with E-state index in [1.807, 2.05) is 11.7 Å². The van der Waals surface area contributed by atoms with Gasteiger partial charge in [0.1, 0.15) is 0 Å². The number of fused-ring (bicyclic) bond motifs is 1. The molecule has 0 aliphatic rings. The van der Waals surface area contributed by atoms with Crippen molar-refractivity contribution in [1.29, 1.82) is 0 Å². The van der Waals surface area contributed by atoms with Gasteiger partial charge in [0.05, 0.1) is 12.1 Å². The van der Waals surface area contributed by atoms with Crippen LogP contribution in [-0.2, 0) is 6.54 Å². The average Bonchev–Trinajstić information content (AvgIpc) is 2.52. The molecule has 0 spiro atoms. The quantitative estimate of drug-likeness (QED) is 0.925. The molecule has 0 unspecified atom stereocenters. The van der Waals surface area contributed by atoms with E-state index in [-0.39, 0.29) is 0 Å². The smallest absolute Gasteiger partial charge is 0.0937 e. The van der Waals surface area contributed by atoms with Crippen molar-refractivity contribution in [3.8, 4) is 0 Å². The first-order valence-corrected chi connectivity index (χ1v) is 5.79. The molecule has 80 valence electrons. The van der Waals surface area contributed by atoms with Crippen molar-refractivity contribution < 1.29 is 0 Å². The van der Waals surface area contributed by atoms with E-state index in [1.165, 1.54) is 11.1 Å². The van der Waals surface area contributed by atoms with Crippen molar-refractivity contribution in [3.63, 3.8) is 0 Å². The van der Waals surface area contributed by atoms with Crippen molar-refractivity contribution in [2.75, 3.05) is 13.6 Å². The summed E-state index contributed by atoms with van der Waals surface area (Å²) in [6, 6.07) is 6.22. The summed E-state index contributed by atoms with van der Waals surface area (Å²) in [7, 11) is 1.95. The Kier molecular flexibility index (Phi) is 3.07. The molecular formula is C11H14BrN3. The van der Waals surface area contributed by atoms with Crippen LogP contribution in [0, 0.1) is 6.92 Å². The van der Waals surface area contributed by atoms with Crippen LogP contribution in [0.15, 0.2) is 22.7 Å². The Bertz CT molecular complexity index is 476. The summed E-state index contributed by atoms with van der Waals surface area (Å²) in [5.74, 6) is 0. The van der Waals surface area contributed by atoms with Gasteiger partial charge in [0.2, 0.25) is 0 Å². The molecule has 0 amide bonds. The van der Waals surface area contributed by atoms with Crippen LogP contribution in [0.3, 0.4) is 0 Å². The number of rotatable bonds is 3. The summed E-state index contributed by atoms with van der Waals surface area (Å²) in [6.07, 6.45) is 0. The van der Waals surface area contributed by atoms with Crippen molar-refractivity contribution in [2.45, 2.75) is 13.5 Å². The van der Waals surface area contributed by atoms with Crippen LogP contribution in [0.5, 0.6) is 0 Å². The molecule has 1 N–H and O–H groups in total. The number of nitrogens with one attached hydrogen (secondary N) is 1. The highest BCUT2D eigenvalue weighted by Gasteiger charge is 2.06. The Morgan fingerprint density at radius 2 is 2.27 bits per heavy atom. The van der Waals surface area contributed by atoms with Gasteiger partial charge in [-0.1, -0.05) is 15.9 Å². The van der Waals surface area contributed by atoms with Crippen LogP contribution in [0.4, 0.5) is 0 Å². The molecule has 1 aromatic heterocycles. The summed E-state index contributed by atoms with van der Waals surface area (Å²) in [5.41, 5.74) is 2.28. The highest BCUT2D eigenvalue weighted by Crippen LogP contribution is 2.21. The summed E-state index contributed by atoms with van der Waals surface area (Å²) >= 11 is 3.46. The minimum atomic E-state index is 0.911. The Balaban J connectivity index is 2.44. The molecule has 4 heteroatoms. The van der Waals surface area contributed by atoms with Crippen LogP contribution in [0.25, 0.3) is 10.9 Å². The van der Waals surface area contributed by atoms with Gasteiger partial charge in [-0.2, -0.15) is 5.10 Å². The summed E-state index contributed by atoms with van der Waals surface area (Å²) in [5, 5.41) is 8.92. The Morgan fingerprint density at radius 3 is 3.00 bits per heavy atom. The van der Waals surface area contributed by atoms with Gasteiger partial charge in [-0.15, -0.1) is 0 Å². The van der Waals surface area contributed by atoms with E-state index in [9.17, 15) is 0 Å². The van der Waals surface area contributed by atoms with E-state index < -0.39 is 0 Å². The standard InChI is InChI=1S/C11H14BrN3/c1-8-10-4-3-9(12)7-11(10)14-15(8)6-5-13-2/h3-4,7,13H,5-6H2,1-2H3. The topological polar surface area (TPSA) is 29.9 Å². The van der Waals surface area contributed by atoms with Crippen LogP contribution in [0.1, 0.15) is 5.69 Å².